The van der Waals surface area contributed by atoms with Crippen molar-refractivity contribution in [1.29, 1.82) is 0 Å². The van der Waals surface area contributed by atoms with Crippen LogP contribution in [0, 0.1) is 13.8 Å². The van der Waals surface area contributed by atoms with Crippen LogP contribution >= 0.6 is 11.8 Å². The lowest BCUT2D eigenvalue weighted by molar-refractivity contribution is 0.474. The predicted molar refractivity (Wildman–Crippen MR) is 81.6 cm³/mol. The average molecular weight is 264 g/mol. The first-order valence-corrected chi connectivity index (χ1v) is 7.56. The first-order valence-electron chi connectivity index (χ1n) is 6.58. The zero-order valence-electron chi connectivity index (χ0n) is 11.8. The molecule has 0 bridgehead atoms. The molecule has 1 nitrogen and oxygen atoms in total. The molecule has 0 saturated heterocycles. The van der Waals surface area contributed by atoms with Crippen molar-refractivity contribution in [3.05, 3.63) is 35.4 Å². The van der Waals surface area contributed by atoms with Crippen molar-refractivity contribution in [3.8, 4) is 5.75 Å². The number of rotatable bonds is 7. The van der Waals surface area contributed by atoms with Crippen LogP contribution in [0.2, 0.25) is 0 Å². The fourth-order valence-corrected chi connectivity index (χ4v) is 3.16. The second-order valence-corrected chi connectivity index (χ2v) is 6.13. The molecule has 1 aromatic rings. The molecule has 0 fully saturated rings. The lowest BCUT2D eigenvalue weighted by Crippen LogP contribution is -1.88. The number of hydrogen-bond acceptors (Lipinski definition) is 2. The minimum Gasteiger partial charge on any atom is -0.508 e. The van der Waals surface area contributed by atoms with E-state index in [0.717, 1.165) is 12.2 Å². The second-order valence-electron chi connectivity index (χ2n) is 5.02. The summed E-state index contributed by atoms with van der Waals surface area (Å²) in [6.07, 6.45) is 4.93. The zero-order chi connectivity index (χ0) is 13.5. The number of unbranched alkanes of at least 4 members (excludes halogenated alkanes) is 2. The summed E-state index contributed by atoms with van der Waals surface area (Å²) >= 11 is 1.91. The number of aromatic hydroxyl groups is 1. The lowest BCUT2D eigenvalue weighted by atomic mass is 10.1. The van der Waals surface area contributed by atoms with Gasteiger partial charge >= 0.3 is 0 Å². The van der Waals surface area contributed by atoms with Crippen LogP contribution in [0.3, 0.4) is 0 Å². The molecule has 2 heteroatoms. The van der Waals surface area contributed by atoms with Crippen LogP contribution in [0.25, 0.3) is 0 Å². The van der Waals surface area contributed by atoms with E-state index in [4.69, 9.17) is 0 Å². The summed E-state index contributed by atoms with van der Waals surface area (Å²) in [5.74, 6) is 1.53. The molecule has 0 spiro atoms. The van der Waals surface area contributed by atoms with E-state index >= 15 is 0 Å². The summed E-state index contributed by atoms with van der Waals surface area (Å²) in [5.41, 5.74) is 3.65. The molecule has 0 amide bonds. The highest BCUT2D eigenvalue weighted by Crippen LogP contribution is 2.30. The van der Waals surface area contributed by atoms with Gasteiger partial charge in [-0.3, -0.25) is 0 Å². The van der Waals surface area contributed by atoms with Gasteiger partial charge < -0.3 is 5.11 Å². The van der Waals surface area contributed by atoms with E-state index in [9.17, 15) is 5.11 Å². The summed E-state index contributed by atoms with van der Waals surface area (Å²) in [5, 5.41) is 9.49. The van der Waals surface area contributed by atoms with E-state index in [-0.39, 0.29) is 0 Å². The van der Waals surface area contributed by atoms with Crippen LogP contribution < -0.4 is 0 Å². The normalized spacial score (nSPS) is 10.6. The molecule has 18 heavy (non-hydrogen) atoms. The Labute approximate surface area is 115 Å². The van der Waals surface area contributed by atoms with Gasteiger partial charge in [-0.15, -0.1) is 18.3 Å². The van der Waals surface area contributed by atoms with Crippen LogP contribution in [-0.2, 0) is 0 Å². The minimum atomic E-state index is 0.371. The van der Waals surface area contributed by atoms with Gasteiger partial charge in [0.05, 0.1) is 0 Å². The Balaban J connectivity index is 2.33. The molecule has 0 radical (unpaired) electrons. The van der Waals surface area contributed by atoms with Gasteiger partial charge in [-0.25, -0.2) is 0 Å². The van der Waals surface area contributed by atoms with Crippen LogP contribution in [0.15, 0.2) is 29.2 Å². The molecule has 0 atom stereocenters. The summed E-state index contributed by atoms with van der Waals surface area (Å²) < 4.78 is 0. The maximum Gasteiger partial charge on any atom is 0.116 e. The minimum absolute atomic E-state index is 0.371. The van der Waals surface area contributed by atoms with Crippen molar-refractivity contribution >= 4 is 11.8 Å². The number of thioether (sulfide) groups is 1. The predicted octanol–water partition coefficient (Wildman–Crippen LogP) is 5.24. The number of phenols is 1. The molecule has 1 N–H and O–H groups in total. The van der Waals surface area contributed by atoms with Gasteiger partial charge in [-0.1, -0.05) is 12.0 Å². The summed E-state index contributed by atoms with van der Waals surface area (Å²) in [6.45, 7) is 10.1. The van der Waals surface area contributed by atoms with Crippen molar-refractivity contribution in [2.75, 3.05) is 5.75 Å². The Morgan fingerprint density at radius 2 is 1.78 bits per heavy atom. The van der Waals surface area contributed by atoms with Crippen molar-refractivity contribution in [3.63, 3.8) is 0 Å². The van der Waals surface area contributed by atoms with Gasteiger partial charge in [0, 0.05) is 4.90 Å². The highest BCUT2D eigenvalue weighted by atomic mass is 32.2. The van der Waals surface area contributed by atoms with Crippen LogP contribution in [-0.4, -0.2) is 10.9 Å². The molecule has 0 aliphatic rings. The third kappa shape index (κ3) is 5.18. The molecule has 0 aliphatic carbocycles. The highest BCUT2D eigenvalue weighted by molar-refractivity contribution is 7.99. The van der Waals surface area contributed by atoms with E-state index in [0.29, 0.717) is 5.75 Å². The Bertz CT molecular complexity index is 387. The van der Waals surface area contributed by atoms with Crippen molar-refractivity contribution in [1.82, 2.24) is 0 Å². The fourth-order valence-electron chi connectivity index (χ4n) is 2.03. The maximum atomic E-state index is 9.49. The van der Waals surface area contributed by atoms with Gasteiger partial charge in [-0.05, 0) is 69.0 Å². The number of benzene rings is 1. The van der Waals surface area contributed by atoms with Crippen LogP contribution in [0.4, 0.5) is 0 Å². The number of hydrogen-bond donors (Lipinski definition) is 1. The van der Waals surface area contributed by atoms with E-state index < -0.39 is 0 Å². The standard InChI is InChI=1S/C16H24OS/c1-12(2)8-6-5-7-9-18-16-13(3)10-15(17)11-14(16)4/h10-11,17H,1,5-9H2,2-4H3. The van der Waals surface area contributed by atoms with E-state index in [1.165, 1.54) is 40.9 Å². The molecular formula is C16H24OS. The van der Waals surface area contributed by atoms with Crippen molar-refractivity contribution < 1.29 is 5.11 Å². The molecule has 0 aromatic heterocycles. The SMILES string of the molecule is C=C(C)CCCCCSc1c(C)cc(O)cc1C. The molecular weight excluding hydrogens is 240 g/mol. The van der Waals surface area contributed by atoms with Crippen molar-refractivity contribution in [2.45, 2.75) is 51.3 Å². The van der Waals surface area contributed by atoms with Gasteiger partial charge in [0.15, 0.2) is 0 Å². The maximum absolute atomic E-state index is 9.49. The van der Waals surface area contributed by atoms with Crippen LogP contribution in [0.5, 0.6) is 5.75 Å². The largest absolute Gasteiger partial charge is 0.508 e. The number of phenolic OH excluding ortho intramolecular Hbond substituents is 1. The number of aryl methyl sites for hydroxylation is 2. The third-order valence-corrected chi connectivity index (χ3v) is 4.36. The number of allylic oxidation sites excluding steroid dienone is 1. The Morgan fingerprint density at radius 3 is 2.33 bits per heavy atom. The van der Waals surface area contributed by atoms with Crippen LogP contribution in [0.1, 0.15) is 43.7 Å². The first-order chi connectivity index (χ1) is 8.50. The third-order valence-electron chi connectivity index (χ3n) is 2.94. The molecule has 100 valence electrons. The molecule has 0 unspecified atom stereocenters. The van der Waals surface area contributed by atoms with Crippen molar-refractivity contribution in [2.24, 2.45) is 0 Å². The second kappa shape index (κ2) is 7.52. The summed E-state index contributed by atoms with van der Waals surface area (Å²) in [7, 11) is 0. The van der Waals surface area contributed by atoms with E-state index in [1.807, 2.05) is 23.9 Å². The molecule has 0 heterocycles. The van der Waals surface area contributed by atoms with E-state index in [2.05, 4.69) is 27.4 Å². The molecule has 0 saturated carbocycles. The van der Waals surface area contributed by atoms with E-state index in [1.54, 1.807) is 0 Å². The van der Waals surface area contributed by atoms with Gasteiger partial charge in [0.2, 0.25) is 0 Å². The van der Waals surface area contributed by atoms with Gasteiger partial charge in [-0.2, -0.15) is 0 Å². The lowest BCUT2D eigenvalue weighted by Gasteiger charge is -2.10. The first kappa shape index (κ1) is 15.2. The fraction of sp³-hybridized carbons (Fsp3) is 0.500. The summed E-state index contributed by atoms with van der Waals surface area (Å²) in [4.78, 5) is 1.33. The highest BCUT2D eigenvalue weighted by Gasteiger charge is 2.05. The summed E-state index contributed by atoms with van der Waals surface area (Å²) in [6, 6.07) is 3.69. The molecule has 1 rings (SSSR count). The smallest absolute Gasteiger partial charge is 0.116 e. The average Bonchev–Trinajstić information content (AvgIpc) is 2.25. The Kier molecular flexibility index (Phi) is 6.34. The zero-order valence-corrected chi connectivity index (χ0v) is 12.6. The van der Waals surface area contributed by atoms with Gasteiger partial charge in [0.25, 0.3) is 0 Å². The Morgan fingerprint density at radius 1 is 1.17 bits per heavy atom. The topological polar surface area (TPSA) is 20.2 Å². The van der Waals surface area contributed by atoms with Gasteiger partial charge in [0.1, 0.15) is 5.75 Å². The molecule has 0 aliphatic heterocycles. The Hall–Kier alpha value is -0.890. The quantitative estimate of drug-likeness (QED) is 0.413. The molecule has 1 aromatic carbocycles. The monoisotopic (exact) mass is 264 g/mol.